The first-order valence-electron chi connectivity index (χ1n) is 6.19. The van der Waals surface area contributed by atoms with Crippen molar-refractivity contribution in [3.63, 3.8) is 0 Å². The second-order valence-corrected chi connectivity index (χ2v) is 5.18. The predicted molar refractivity (Wildman–Crippen MR) is 73.9 cm³/mol. The molecule has 0 radical (unpaired) electrons. The summed E-state index contributed by atoms with van der Waals surface area (Å²) in [7, 11) is 0. The fourth-order valence-electron chi connectivity index (χ4n) is 2.21. The van der Waals surface area contributed by atoms with Crippen LogP contribution in [0.3, 0.4) is 0 Å². The number of hydrogen-bond donors (Lipinski definition) is 3. The average molecular weight is 299 g/mol. The lowest BCUT2D eigenvalue weighted by molar-refractivity contribution is -0.138. The molecule has 1 atom stereocenters. The standard InChI is InChI=1S/C13H15ClN2O4/c14-10-5-9(1-2-11(10)17)15-13(20)8-3-4-16(6-8)7-12(18)19/h1-2,5,8,17H,3-4,6-7H2,(H,15,20)(H,18,19)/t8-/m1/s1. The van der Waals surface area contributed by atoms with Crippen molar-refractivity contribution in [2.24, 2.45) is 5.92 Å². The molecule has 108 valence electrons. The first-order valence-corrected chi connectivity index (χ1v) is 6.57. The number of benzene rings is 1. The van der Waals surface area contributed by atoms with Gasteiger partial charge >= 0.3 is 5.97 Å². The van der Waals surface area contributed by atoms with Gasteiger partial charge in [0.25, 0.3) is 0 Å². The number of aliphatic carboxylic acids is 1. The lowest BCUT2D eigenvalue weighted by Crippen LogP contribution is -2.30. The molecule has 0 aliphatic carbocycles. The number of carboxylic acids is 1. The van der Waals surface area contributed by atoms with Crippen molar-refractivity contribution in [1.29, 1.82) is 0 Å². The zero-order chi connectivity index (χ0) is 14.7. The van der Waals surface area contributed by atoms with E-state index in [-0.39, 0.29) is 29.1 Å². The minimum atomic E-state index is -0.892. The van der Waals surface area contributed by atoms with Crippen LogP contribution in [0, 0.1) is 5.92 Å². The Balaban J connectivity index is 1.92. The number of halogens is 1. The van der Waals surface area contributed by atoms with E-state index in [2.05, 4.69) is 5.32 Å². The van der Waals surface area contributed by atoms with Crippen LogP contribution in [0.4, 0.5) is 5.69 Å². The average Bonchev–Trinajstić information content (AvgIpc) is 2.81. The monoisotopic (exact) mass is 298 g/mol. The van der Waals surface area contributed by atoms with Crippen LogP contribution in [0.5, 0.6) is 5.75 Å². The van der Waals surface area contributed by atoms with Gasteiger partial charge < -0.3 is 15.5 Å². The highest BCUT2D eigenvalue weighted by Crippen LogP contribution is 2.27. The number of carbonyl (C=O) groups excluding carboxylic acids is 1. The number of phenolic OH excluding ortho intramolecular Hbond substituents is 1. The molecule has 2 rings (SSSR count). The molecule has 1 amide bonds. The summed E-state index contributed by atoms with van der Waals surface area (Å²) in [4.78, 5) is 24.4. The smallest absolute Gasteiger partial charge is 0.317 e. The normalized spacial score (nSPS) is 18.9. The number of carboxylic acid groups (broad SMARTS) is 1. The molecule has 1 heterocycles. The van der Waals surface area contributed by atoms with Crippen LogP contribution >= 0.6 is 11.6 Å². The van der Waals surface area contributed by atoms with Crippen molar-refractivity contribution >= 4 is 29.2 Å². The lowest BCUT2D eigenvalue weighted by atomic mass is 10.1. The summed E-state index contributed by atoms with van der Waals surface area (Å²) >= 11 is 5.76. The highest BCUT2D eigenvalue weighted by molar-refractivity contribution is 6.32. The van der Waals surface area contributed by atoms with Crippen LogP contribution in [-0.2, 0) is 9.59 Å². The van der Waals surface area contributed by atoms with Gasteiger partial charge in [-0.05, 0) is 31.2 Å². The van der Waals surface area contributed by atoms with E-state index >= 15 is 0 Å². The molecule has 1 aromatic carbocycles. The molecule has 1 aromatic rings. The summed E-state index contributed by atoms with van der Waals surface area (Å²) in [6.07, 6.45) is 0.630. The summed E-state index contributed by atoms with van der Waals surface area (Å²) in [6, 6.07) is 4.44. The molecule has 6 nitrogen and oxygen atoms in total. The molecule has 0 bridgehead atoms. The molecule has 0 unspecified atom stereocenters. The molecule has 7 heteroatoms. The van der Waals surface area contributed by atoms with Gasteiger partial charge in [0.15, 0.2) is 0 Å². The third kappa shape index (κ3) is 3.61. The Kier molecular flexibility index (Phi) is 4.46. The number of anilines is 1. The first kappa shape index (κ1) is 14.6. The van der Waals surface area contributed by atoms with Crippen molar-refractivity contribution in [1.82, 2.24) is 4.90 Å². The zero-order valence-electron chi connectivity index (χ0n) is 10.7. The van der Waals surface area contributed by atoms with E-state index < -0.39 is 5.97 Å². The van der Waals surface area contributed by atoms with Crippen LogP contribution in [0.15, 0.2) is 18.2 Å². The van der Waals surface area contributed by atoms with Crippen LogP contribution in [0.1, 0.15) is 6.42 Å². The molecule has 1 aliphatic rings. The maximum atomic E-state index is 12.1. The second-order valence-electron chi connectivity index (χ2n) is 4.77. The van der Waals surface area contributed by atoms with E-state index in [1.807, 2.05) is 0 Å². The Morgan fingerprint density at radius 2 is 2.20 bits per heavy atom. The molecule has 1 fully saturated rings. The van der Waals surface area contributed by atoms with Crippen molar-refractivity contribution in [3.05, 3.63) is 23.2 Å². The topological polar surface area (TPSA) is 89.9 Å². The number of phenols is 1. The Bertz CT molecular complexity index is 535. The van der Waals surface area contributed by atoms with Crippen molar-refractivity contribution in [3.8, 4) is 5.75 Å². The third-order valence-electron chi connectivity index (χ3n) is 3.22. The van der Waals surface area contributed by atoms with Gasteiger partial charge in [0.1, 0.15) is 5.75 Å². The molecule has 3 N–H and O–H groups in total. The molecular weight excluding hydrogens is 284 g/mol. The number of aromatic hydroxyl groups is 1. The summed E-state index contributed by atoms with van der Waals surface area (Å²) in [5.74, 6) is -1.34. The Morgan fingerprint density at radius 1 is 1.45 bits per heavy atom. The highest BCUT2D eigenvalue weighted by Gasteiger charge is 2.29. The lowest BCUT2D eigenvalue weighted by Gasteiger charge is -2.13. The van der Waals surface area contributed by atoms with E-state index in [9.17, 15) is 14.7 Å². The van der Waals surface area contributed by atoms with E-state index in [4.69, 9.17) is 16.7 Å². The van der Waals surface area contributed by atoms with E-state index in [0.717, 1.165) is 0 Å². The predicted octanol–water partition coefficient (Wildman–Crippen LogP) is 1.39. The highest BCUT2D eigenvalue weighted by atomic mass is 35.5. The van der Waals surface area contributed by atoms with E-state index in [1.54, 1.807) is 11.0 Å². The van der Waals surface area contributed by atoms with Gasteiger partial charge in [-0.15, -0.1) is 0 Å². The summed E-state index contributed by atoms with van der Waals surface area (Å²) in [5, 5.41) is 20.9. The summed E-state index contributed by atoms with van der Waals surface area (Å²) in [6.45, 7) is 0.986. The van der Waals surface area contributed by atoms with Crippen molar-refractivity contribution in [2.75, 3.05) is 25.0 Å². The van der Waals surface area contributed by atoms with Gasteiger partial charge in [-0.1, -0.05) is 11.6 Å². The summed E-state index contributed by atoms with van der Waals surface area (Å²) in [5.41, 5.74) is 0.509. The molecule has 1 aliphatic heterocycles. The number of amides is 1. The molecule has 0 spiro atoms. The van der Waals surface area contributed by atoms with Gasteiger partial charge in [-0.3, -0.25) is 14.5 Å². The fourth-order valence-corrected chi connectivity index (χ4v) is 2.39. The zero-order valence-corrected chi connectivity index (χ0v) is 11.4. The quantitative estimate of drug-likeness (QED) is 0.731. The van der Waals surface area contributed by atoms with Crippen LogP contribution in [-0.4, -0.2) is 46.6 Å². The number of likely N-dealkylation sites (tertiary alicyclic amines) is 1. The minimum Gasteiger partial charge on any atom is -0.506 e. The number of nitrogens with zero attached hydrogens (tertiary/aromatic N) is 1. The van der Waals surface area contributed by atoms with Gasteiger partial charge in [0.05, 0.1) is 17.5 Å². The van der Waals surface area contributed by atoms with Crippen molar-refractivity contribution < 1.29 is 19.8 Å². The van der Waals surface area contributed by atoms with Crippen molar-refractivity contribution in [2.45, 2.75) is 6.42 Å². The fraction of sp³-hybridized carbons (Fsp3) is 0.385. The van der Waals surface area contributed by atoms with Gasteiger partial charge in [-0.2, -0.15) is 0 Å². The van der Waals surface area contributed by atoms with E-state index in [0.29, 0.717) is 25.2 Å². The number of nitrogens with one attached hydrogen (secondary N) is 1. The Labute approximate surface area is 121 Å². The maximum absolute atomic E-state index is 12.1. The first-order chi connectivity index (χ1) is 9.45. The van der Waals surface area contributed by atoms with Gasteiger partial charge in [0, 0.05) is 12.2 Å². The molecule has 20 heavy (non-hydrogen) atoms. The molecule has 0 saturated carbocycles. The molecule has 1 saturated heterocycles. The number of carbonyl (C=O) groups is 2. The van der Waals surface area contributed by atoms with Gasteiger partial charge in [0.2, 0.25) is 5.91 Å². The van der Waals surface area contributed by atoms with Gasteiger partial charge in [-0.25, -0.2) is 0 Å². The second kappa shape index (κ2) is 6.11. The van der Waals surface area contributed by atoms with E-state index in [1.165, 1.54) is 12.1 Å². The molecular formula is C13H15ClN2O4. The Morgan fingerprint density at radius 3 is 2.85 bits per heavy atom. The number of hydrogen-bond acceptors (Lipinski definition) is 4. The van der Waals surface area contributed by atoms with Crippen LogP contribution in [0.25, 0.3) is 0 Å². The SMILES string of the molecule is O=C(O)CN1CC[C@@H](C(=O)Nc2ccc(O)c(Cl)c2)C1. The minimum absolute atomic E-state index is 0.0434. The van der Waals surface area contributed by atoms with Crippen LogP contribution < -0.4 is 5.32 Å². The van der Waals surface area contributed by atoms with Crippen LogP contribution in [0.2, 0.25) is 5.02 Å². The molecule has 0 aromatic heterocycles. The largest absolute Gasteiger partial charge is 0.506 e. The Hall–Kier alpha value is -1.79. The maximum Gasteiger partial charge on any atom is 0.317 e. The number of rotatable bonds is 4. The summed E-state index contributed by atoms with van der Waals surface area (Å²) < 4.78 is 0. The third-order valence-corrected chi connectivity index (χ3v) is 3.52.